The average molecular weight is 430 g/mol. The van der Waals surface area contributed by atoms with Gasteiger partial charge in [-0.15, -0.1) is 0 Å². The van der Waals surface area contributed by atoms with Crippen molar-refractivity contribution >= 4 is 27.6 Å². The van der Waals surface area contributed by atoms with Crippen molar-refractivity contribution in [1.82, 2.24) is 4.72 Å². The second-order valence-electron chi connectivity index (χ2n) is 8.22. The summed E-state index contributed by atoms with van der Waals surface area (Å²) >= 11 is 0. The molecule has 0 radical (unpaired) electrons. The Morgan fingerprint density at radius 3 is 2.07 bits per heavy atom. The highest BCUT2D eigenvalue weighted by molar-refractivity contribution is 7.89. The molecule has 1 aromatic carbocycles. The fourth-order valence-corrected chi connectivity index (χ4v) is 3.54. The van der Waals surface area contributed by atoms with Gasteiger partial charge in [0.1, 0.15) is 17.2 Å². The van der Waals surface area contributed by atoms with Crippen molar-refractivity contribution in [3.63, 3.8) is 0 Å². The minimum Gasteiger partial charge on any atom is -0.460 e. The SMILES string of the molecule is CC(C)(C)OC(=O)C[C@@H](NS(=O)(=O)c1ccccc1[N+](=O)[O-])C(=O)OC(C)(C)C. The Labute approximate surface area is 169 Å². The highest BCUT2D eigenvalue weighted by Gasteiger charge is 2.35. The molecule has 1 N–H and O–H groups in total. The van der Waals surface area contributed by atoms with Crippen LogP contribution in [0.5, 0.6) is 0 Å². The van der Waals surface area contributed by atoms with Crippen LogP contribution in [-0.2, 0) is 29.1 Å². The van der Waals surface area contributed by atoms with Crippen LogP contribution in [0, 0.1) is 10.1 Å². The van der Waals surface area contributed by atoms with Gasteiger partial charge in [-0.05, 0) is 47.6 Å². The molecule has 1 atom stereocenters. The maximum atomic E-state index is 12.7. The van der Waals surface area contributed by atoms with E-state index in [1.165, 1.54) is 12.1 Å². The third-order valence-electron chi connectivity index (χ3n) is 3.13. The lowest BCUT2D eigenvalue weighted by molar-refractivity contribution is -0.387. The van der Waals surface area contributed by atoms with Gasteiger partial charge in [-0.1, -0.05) is 12.1 Å². The van der Waals surface area contributed by atoms with Crippen LogP contribution in [0.1, 0.15) is 48.0 Å². The molecule has 0 aromatic heterocycles. The van der Waals surface area contributed by atoms with Crippen LogP contribution in [0.15, 0.2) is 29.2 Å². The molecule has 0 aliphatic rings. The van der Waals surface area contributed by atoms with Crippen molar-refractivity contribution in [2.24, 2.45) is 0 Å². The molecular formula is C18H26N2O8S. The summed E-state index contributed by atoms with van der Waals surface area (Å²) in [6.07, 6.45) is -0.647. The molecule has 11 heteroatoms. The lowest BCUT2D eigenvalue weighted by Gasteiger charge is -2.25. The van der Waals surface area contributed by atoms with Gasteiger partial charge in [0.05, 0.1) is 11.3 Å². The highest BCUT2D eigenvalue weighted by atomic mass is 32.2. The summed E-state index contributed by atoms with van der Waals surface area (Å²) in [5, 5.41) is 11.2. The van der Waals surface area contributed by atoms with E-state index in [-0.39, 0.29) is 0 Å². The topological polar surface area (TPSA) is 142 Å². The Kier molecular flexibility index (Phi) is 7.49. The molecule has 0 aliphatic heterocycles. The van der Waals surface area contributed by atoms with Gasteiger partial charge < -0.3 is 9.47 Å². The van der Waals surface area contributed by atoms with E-state index in [1.54, 1.807) is 41.5 Å². The maximum absolute atomic E-state index is 12.7. The number of carbonyl (C=O) groups excluding carboxylic acids is 2. The third-order valence-corrected chi connectivity index (χ3v) is 4.65. The molecule has 1 aromatic rings. The zero-order valence-corrected chi connectivity index (χ0v) is 18.0. The Bertz CT molecular complexity index is 882. The molecule has 0 saturated heterocycles. The number of nitrogens with one attached hydrogen (secondary N) is 1. The lowest BCUT2D eigenvalue weighted by Crippen LogP contribution is -2.46. The van der Waals surface area contributed by atoms with Gasteiger partial charge in [-0.2, -0.15) is 4.72 Å². The largest absolute Gasteiger partial charge is 0.460 e. The summed E-state index contributed by atoms with van der Waals surface area (Å²) in [7, 11) is -4.53. The number of hydrogen-bond donors (Lipinski definition) is 1. The molecule has 0 aliphatic carbocycles. The van der Waals surface area contributed by atoms with Crippen molar-refractivity contribution in [2.75, 3.05) is 0 Å². The van der Waals surface area contributed by atoms with Gasteiger partial charge >= 0.3 is 11.9 Å². The number of sulfonamides is 1. The quantitative estimate of drug-likeness (QED) is 0.394. The summed E-state index contributed by atoms with van der Waals surface area (Å²) in [6, 6.07) is 3.03. The smallest absolute Gasteiger partial charge is 0.325 e. The fraction of sp³-hybridized carbons (Fsp3) is 0.556. The number of rotatable bonds is 7. The van der Waals surface area contributed by atoms with E-state index in [9.17, 15) is 28.1 Å². The number of esters is 2. The van der Waals surface area contributed by atoms with Gasteiger partial charge in [-0.25, -0.2) is 8.42 Å². The summed E-state index contributed by atoms with van der Waals surface area (Å²) < 4.78 is 37.8. The minimum absolute atomic E-state index is 0.636. The zero-order chi connectivity index (χ0) is 22.6. The predicted octanol–water partition coefficient (Wildman–Crippen LogP) is 2.32. The number of ether oxygens (including phenoxy) is 2. The van der Waals surface area contributed by atoms with Crippen molar-refractivity contribution in [1.29, 1.82) is 0 Å². The van der Waals surface area contributed by atoms with E-state index in [2.05, 4.69) is 0 Å². The highest BCUT2D eigenvalue weighted by Crippen LogP contribution is 2.24. The van der Waals surface area contributed by atoms with Crippen molar-refractivity contribution < 1.29 is 32.4 Å². The van der Waals surface area contributed by atoms with E-state index in [0.29, 0.717) is 0 Å². The molecular weight excluding hydrogens is 404 g/mol. The minimum atomic E-state index is -4.53. The Morgan fingerprint density at radius 2 is 1.59 bits per heavy atom. The summed E-state index contributed by atoms with van der Waals surface area (Å²) in [5.41, 5.74) is -2.47. The molecule has 29 heavy (non-hydrogen) atoms. The van der Waals surface area contributed by atoms with Crippen LogP contribution >= 0.6 is 0 Å². The van der Waals surface area contributed by atoms with Gasteiger partial charge in [0.25, 0.3) is 5.69 Å². The lowest BCUT2D eigenvalue weighted by atomic mass is 10.1. The van der Waals surface area contributed by atoms with Crippen molar-refractivity contribution in [3.05, 3.63) is 34.4 Å². The Hall–Kier alpha value is -2.53. The maximum Gasteiger partial charge on any atom is 0.325 e. The summed E-state index contributed by atoms with van der Waals surface area (Å²) in [5.74, 6) is -1.84. The number of hydrogen-bond acceptors (Lipinski definition) is 8. The van der Waals surface area contributed by atoms with E-state index in [0.717, 1.165) is 12.1 Å². The standard InChI is InChI=1S/C18H26N2O8S/c1-17(2,3)27-15(21)11-12(16(22)28-18(4,5)6)19-29(25,26)14-10-8-7-9-13(14)20(23)24/h7-10,12,19H,11H2,1-6H3/t12-/m1/s1. The molecule has 0 saturated carbocycles. The third kappa shape index (κ3) is 8.16. The molecule has 0 bridgehead atoms. The number of nitro benzene ring substituents is 1. The first-order valence-corrected chi connectivity index (χ1v) is 10.2. The molecule has 0 fully saturated rings. The summed E-state index contributed by atoms with van der Waals surface area (Å²) in [4.78, 5) is 34.3. The van der Waals surface area contributed by atoms with Gasteiger partial charge in [0.15, 0.2) is 4.90 Å². The monoisotopic (exact) mass is 430 g/mol. The van der Waals surface area contributed by atoms with Crippen LogP contribution < -0.4 is 4.72 Å². The molecule has 162 valence electrons. The number of nitro groups is 1. The van der Waals surface area contributed by atoms with Gasteiger partial charge in [0.2, 0.25) is 10.0 Å². The first-order chi connectivity index (χ1) is 13.0. The van der Waals surface area contributed by atoms with Crippen molar-refractivity contribution in [3.8, 4) is 0 Å². The Balaban J connectivity index is 3.24. The molecule has 0 spiro atoms. The number of nitrogens with zero attached hydrogens (tertiary/aromatic N) is 1. The van der Waals surface area contributed by atoms with E-state index >= 15 is 0 Å². The average Bonchev–Trinajstić information content (AvgIpc) is 2.50. The van der Waals surface area contributed by atoms with Gasteiger partial charge in [-0.3, -0.25) is 19.7 Å². The zero-order valence-electron chi connectivity index (χ0n) is 17.2. The van der Waals surface area contributed by atoms with Gasteiger partial charge in [0, 0.05) is 6.07 Å². The first kappa shape index (κ1) is 24.5. The van der Waals surface area contributed by atoms with E-state index < -0.39 is 61.1 Å². The number of para-hydroxylation sites is 1. The molecule has 0 amide bonds. The van der Waals surface area contributed by atoms with Crippen molar-refractivity contribution in [2.45, 2.75) is 70.1 Å². The van der Waals surface area contributed by atoms with Crippen LogP contribution in [0.25, 0.3) is 0 Å². The molecule has 0 unspecified atom stereocenters. The number of benzene rings is 1. The van der Waals surface area contributed by atoms with Crippen LogP contribution in [-0.4, -0.2) is 42.5 Å². The van der Waals surface area contributed by atoms with Crippen LogP contribution in [0.4, 0.5) is 5.69 Å². The predicted molar refractivity (Wildman–Crippen MR) is 104 cm³/mol. The molecule has 0 heterocycles. The second kappa shape index (κ2) is 8.87. The second-order valence-corrected chi connectivity index (χ2v) is 9.91. The number of carbonyl (C=O) groups is 2. The van der Waals surface area contributed by atoms with Crippen LogP contribution in [0.2, 0.25) is 0 Å². The van der Waals surface area contributed by atoms with E-state index in [1.807, 2.05) is 4.72 Å². The Morgan fingerprint density at radius 1 is 1.07 bits per heavy atom. The van der Waals surface area contributed by atoms with E-state index in [4.69, 9.17) is 9.47 Å². The molecule has 10 nitrogen and oxygen atoms in total. The fourth-order valence-electron chi connectivity index (χ4n) is 2.18. The first-order valence-electron chi connectivity index (χ1n) is 8.72. The van der Waals surface area contributed by atoms with Crippen LogP contribution in [0.3, 0.4) is 0 Å². The summed E-state index contributed by atoms with van der Waals surface area (Å²) in [6.45, 7) is 9.57. The molecule has 1 rings (SSSR count). The normalized spacial score (nSPS) is 13.4.